The zero-order chi connectivity index (χ0) is 14.3. The van der Waals surface area contributed by atoms with Gasteiger partial charge in [0.25, 0.3) is 0 Å². The van der Waals surface area contributed by atoms with E-state index >= 15 is 0 Å². The Labute approximate surface area is 117 Å². The van der Waals surface area contributed by atoms with Crippen LogP contribution in [0.1, 0.15) is 46.5 Å². The normalized spacial score (nSPS) is 17.1. The summed E-state index contributed by atoms with van der Waals surface area (Å²) in [6, 6.07) is 3.27. The zero-order valence-corrected chi connectivity index (χ0v) is 13.5. The number of carbonyl (C=O) groups excluding carboxylic acids is 2. The van der Waals surface area contributed by atoms with Gasteiger partial charge in [-0.15, -0.1) is 0 Å². The molecule has 5 heteroatoms. The summed E-state index contributed by atoms with van der Waals surface area (Å²) < 4.78 is 6.02. The van der Waals surface area contributed by atoms with E-state index in [2.05, 4.69) is 13.8 Å². The maximum absolute atomic E-state index is 11.7. The lowest BCUT2D eigenvalue weighted by atomic mass is 10.1. The SMILES string of the molecule is CCO[Si](CC)(CC)CCCN1C(=O)CCCC1=O. The van der Waals surface area contributed by atoms with Crippen molar-refractivity contribution in [3.63, 3.8) is 0 Å². The molecule has 19 heavy (non-hydrogen) atoms. The van der Waals surface area contributed by atoms with E-state index in [1.165, 1.54) is 4.90 Å². The molecule has 110 valence electrons. The molecule has 0 aromatic carbocycles. The Balaban J connectivity index is 2.47. The molecule has 1 saturated heterocycles. The molecular formula is C14H27NO3Si. The fraction of sp³-hybridized carbons (Fsp3) is 0.857. The van der Waals surface area contributed by atoms with E-state index in [1.807, 2.05) is 6.92 Å². The van der Waals surface area contributed by atoms with Crippen LogP contribution in [0.15, 0.2) is 0 Å². The second-order valence-electron chi connectivity index (χ2n) is 5.22. The van der Waals surface area contributed by atoms with Gasteiger partial charge in [0.1, 0.15) is 0 Å². The highest BCUT2D eigenvalue weighted by atomic mass is 28.4. The number of carbonyl (C=O) groups is 2. The molecule has 0 radical (unpaired) electrons. The minimum atomic E-state index is -1.62. The molecule has 2 amide bonds. The van der Waals surface area contributed by atoms with Crippen molar-refractivity contribution in [3.8, 4) is 0 Å². The van der Waals surface area contributed by atoms with Gasteiger partial charge in [0.2, 0.25) is 11.8 Å². The molecule has 1 aliphatic heterocycles. The molecule has 0 unspecified atom stereocenters. The van der Waals surface area contributed by atoms with Crippen molar-refractivity contribution < 1.29 is 14.0 Å². The first-order valence-electron chi connectivity index (χ1n) is 7.55. The minimum Gasteiger partial charge on any atom is -0.417 e. The maximum atomic E-state index is 11.7. The molecule has 1 aliphatic rings. The molecular weight excluding hydrogens is 258 g/mol. The third kappa shape index (κ3) is 4.42. The van der Waals surface area contributed by atoms with Crippen LogP contribution in [0, 0.1) is 0 Å². The molecule has 1 rings (SSSR count). The van der Waals surface area contributed by atoms with Gasteiger partial charge in [0.05, 0.1) is 0 Å². The minimum absolute atomic E-state index is 0.00734. The number of likely N-dealkylation sites (tertiary alicyclic amines) is 1. The lowest BCUT2D eigenvalue weighted by Gasteiger charge is -2.30. The van der Waals surface area contributed by atoms with Crippen molar-refractivity contribution in [1.82, 2.24) is 4.90 Å². The van der Waals surface area contributed by atoms with Crippen molar-refractivity contribution in [3.05, 3.63) is 0 Å². The Bertz CT molecular complexity index is 300. The van der Waals surface area contributed by atoms with E-state index in [9.17, 15) is 9.59 Å². The van der Waals surface area contributed by atoms with Crippen LogP contribution in [0.4, 0.5) is 0 Å². The van der Waals surface area contributed by atoms with Gasteiger partial charge >= 0.3 is 0 Å². The topological polar surface area (TPSA) is 46.6 Å². The van der Waals surface area contributed by atoms with Gasteiger partial charge in [-0.05, 0) is 37.9 Å². The number of rotatable bonds is 8. The van der Waals surface area contributed by atoms with Gasteiger partial charge in [-0.1, -0.05) is 13.8 Å². The number of hydrogen-bond donors (Lipinski definition) is 0. The lowest BCUT2D eigenvalue weighted by Crippen LogP contribution is -2.42. The van der Waals surface area contributed by atoms with Crippen LogP contribution in [0.5, 0.6) is 0 Å². The average molecular weight is 285 g/mol. The number of imide groups is 1. The molecule has 0 aliphatic carbocycles. The zero-order valence-electron chi connectivity index (χ0n) is 12.5. The smallest absolute Gasteiger partial charge is 0.229 e. The van der Waals surface area contributed by atoms with Gasteiger partial charge in [0.15, 0.2) is 8.32 Å². The van der Waals surface area contributed by atoms with Crippen LogP contribution in [-0.4, -0.2) is 38.2 Å². The Morgan fingerprint density at radius 1 is 1.11 bits per heavy atom. The van der Waals surface area contributed by atoms with Crippen LogP contribution >= 0.6 is 0 Å². The molecule has 0 N–H and O–H groups in total. The molecule has 0 bridgehead atoms. The van der Waals surface area contributed by atoms with E-state index in [-0.39, 0.29) is 11.8 Å². The summed E-state index contributed by atoms with van der Waals surface area (Å²) >= 11 is 0. The van der Waals surface area contributed by atoms with Gasteiger partial charge in [-0.2, -0.15) is 0 Å². The molecule has 0 atom stereocenters. The third-order valence-electron chi connectivity index (χ3n) is 4.14. The highest BCUT2D eigenvalue weighted by Crippen LogP contribution is 2.24. The lowest BCUT2D eigenvalue weighted by molar-refractivity contribution is -0.147. The number of amides is 2. The van der Waals surface area contributed by atoms with E-state index < -0.39 is 8.32 Å². The van der Waals surface area contributed by atoms with Crippen molar-refractivity contribution in [2.24, 2.45) is 0 Å². The first-order valence-corrected chi connectivity index (χ1v) is 10.1. The Hall–Kier alpha value is -0.683. The van der Waals surface area contributed by atoms with Crippen molar-refractivity contribution in [2.45, 2.75) is 64.6 Å². The molecule has 4 nitrogen and oxygen atoms in total. The average Bonchev–Trinajstić information content (AvgIpc) is 2.41. The van der Waals surface area contributed by atoms with E-state index in [1.54, 1.807) is 0 Å². The second-order valence-corrected chi connectivity index (χ2v) is 9.79. The molecule has 1 fully saturated rings. The Morgan fingerprint density at radius 2 is 1.68 bits per heavy atom. The Kier molecular flexibility index (Phi) is 6.72. The first-order chi connectivity index (χ1) is 9.08. The van der Waals surface area contributed by atoms with Crippen LogP contribution in [0.2, 0.25) is 18.1 Å². The second kappa shape index (κ2) is 7.80. The summed E-state index contributed by atoms with van der Waals surface area (Å²) in [5.41, 5.74) is 0. The Morgan fingerprint density at radius 3 is 2.16 bits per heavy atom. The summed E-state index contributed by atoms with van der Waals surface area (Å²) in [6.07, 6.45) is 2.67. The highest BCUT2D eigenvalue weighted by Gasteiger charge is 2.31. The van der Waals surface area contributed by atoms with Crippen LogP contribution in [-0.2, 0) is 14.0 Å². The largest absolute Gasteiger partial charge is 0.417 e. The van der Waals surface area contributed by atoms with E-state index in [4.69, 9.17) is 4.43 Å². The fourth-order valence-corrected chi connectivity index (χ4v) is 5.97. The monoisotopic (exact) mass is 285 g/mol. The van der Waals surface area contributed by atoms with Crippen molar-refractivity contribution >= 4 is 20.1 Å². The van der Waals surface area contributed by atoms with Gasteiger partial charge < -0.3 is 4.43 Å². The first kappa shape index (κ1) is 16.4. The van der Waals surface area contributed by atoms with Gasteiger partial charge in [-0.25, -0.2) is 0 Å². The number of nitrogens with zero attached hydrogens (tertiary/aromatic N) is 1. The van der Waals surface area contributed by atoms with E-state index in [0.29, 0.717) is 19.4 Å². The molecule has 0 saturated carbocycles. The molecule has 0 aromatic heterocycles. The maximum Gasteiger partial charge on any atom is 0.229 e. The predicted molar refractivity (Wildman–Crippen MR) is 78.3 cm³/mol. The quantitative estimate of drug-likeness (QED) is 0.509. The molecule has 0 spiro atoms. The number of piperidine rings is 1. The summed E-state index contributed by atoms with van der Waals surface area (Å²) in [5, 5.41) is 0. The molecule has 0 aromatic rings. The van der Waals surface area contributed by atoms with Crippen molar-refractivity contribution in [2.75, 3.05) is 13.2 Å². The summed E-state index contributed by atoms with van der Waals surface area (Å²) in [6.45, 7) is 7.80. The van der Waals surface area contributed by atoms with Gasteiger partial charge in [0, 0.05) is 26.0 Å². The van der Waals surface area contributed by atoms with Crippen LogP contribution < -0.4 is 0 Å². The van der Waals surface area contributed by atoms with Crippen molar-refractivity contribution in [1.29, 1.82) is 0 Å². The van der Waals surface area contributed by atoms with E-state index in [0.717, 1.165) is 37.6 Å². The van der Waals surface area contributed by atoms with Crippen LogP contribution in [0.3, 0.4) is 0 Å². The van der Waals surface area contributed by atoms with Gasteiger partial charge in [-0.3, -0.25) is 14.5 Å². The van der Waals surface area contributed by atoms with Crippen LogP contribution in [0.25, 0.3) is 0 Å². The third-order valence-corrected chi connectivity index (χ3v) is 8.88. The standard InChI is InChI=1S/C14H27NO3Si/c1-4-18-19(5-2,6-3)12-8-11-15-13(16)9-7-10-14(15)17/h4-12H2,1-3H3. The summed E-state index contributed by atoms with van der Waals surface area (Å²) in [7, 11) is -1.62. The summed E-state index contributed by atoms with van der Waals surface area (Å²) in [5.74, 6) is 0.0147. The highest BCUT2D eigenvalue weighted by molar-refractivity contribution is 6.73. The fourth-order valence-electron chi connectivity index (χ4n) is 2.79. The summed E-state index contributed by atoms with van der Waals surface area (Å²) in [4.78, 5) is 24.9. The molecule has 1 heterocycles. The predicted octanol–water partition coefficient (Wildman–Crippen LogP) is 2.94. The number of hydrogen-bond acceptors (Lipinski definition) is 3.